The van der Waals surface area contributed by atoms with Crippen LogP contribution in [-0.2, 0) is 21.0 Å². The van der Waals surface area contributed by atoms with Gasteiger partial charge in [-0.25, -0.2) is 5.90 Å². The van der Waals surface area contributed by atoms with Gasteiger partial charge in [0.05, 0.1) is 5.60 Å². The summed E-state index contributed by atoms with van der Waals surface area (Å²) in [5.74, 6) is 6.01. The molecule has 0 bridgehead atoms. The summed E-state index contributed by atoms with van der Waals surface area (Å²) in [7, 11) is 0. The number of likely N-dealkylation sites (tertiary alicyclic amines) is 2. The third kappa shape index (κ3) is 7.53. The van der Waals surface area contributed by atoms with E-state index in [0.717, 1.165) is 77.7 Å². The molecule has 1 aliphatic carbocycles. The van der Waals surface area contributed by atoms with Gasteiger partial charge in [-0.3, -0.25) is 19.3 Å². The molecule has 4 rings (SSSR count). The van der Waals surface area contributed by atoms with Gasteiger partial charge in [0.1, 0.15) is 0 Å². The van der Waals surface area contributed by atoms with Gasteiger partial charge in [0.15, 0.2) is 0 Å². The molecule has 2 heterocycles. The molecular formula is C29H48N4O3. The van der Waals surface area contributed by atoms with E-state index in [9.17, 15) is 9.59 Å². The van der Waals surface area contributed by atoms with Crippen LogP contribution in [0.1, 0.15) is 78.7 Å². The third-order valence-electron chi connectivity index (χ3n) is 8.18. The van der Waals surface area contributed by atoms with Crippen molar-refractivity contribution in [2.45, 2.75) is 96.9 Å². The molecule has 2 N–H and O–H groups in total. The van der Waals surface area contributed by atoms with Crippen molar-refractivity contribution in [1.29, 1.82) is 0 Å². The molecular weight excluding hydrogens is 452 g/mol. The van der Waals surface area contributed by atoms with Gasteiger partial charge < -0.3 is 9.80 Å². The van der Waals surface area contributed by atoms with Crippen LogP contribution in [0.15, 0.2) is 30.3 Å². The fourth-order valence-electron chi connectivity index (χ4n) is 5.63. The third-order valence-corrected chi connectivity index (χ3v) is 8.18. The first-order chi connectivity index (χ1) is 17.1. The van der Waals surface area contributed by atoms with E-state index in [4.69, 9.17) is 5.90 Å². The number of nitrogens with two attached hydrogens (primary N) is 1. The van der Waals surface area contributed by atoms with Crippen molar-refractivity contribution in [1.82, 2.24) is 14.7 Å². The van der Waals surface area contributed by atoms with Gasteiger partial charge >= 0.3 is 0 Å². The van der Waals surface area contributed by atoms with Crippen LogP contribution in [0.2, 0.25) is 0 Å². The maximum absolute atomic E-state index is 13.1. The molecule has 7 nitrogen and oxygen atoms in total. The average Bonchev–Trinajstić information content (AvgIpc) is 3.73. The molecule has 0 aromatic heterocycles. The Morgan fingerprint density at radius 3 is 2.08 bits per heavy atom. The number of benzene rings is 1. The number of rotatable bonds is 7. The fourth-order valence-corrected chi connectivity index (χ4v) is 5.63. The smallest absolute Gasteiger partial charge is 0.226 e. The molecule has 0 atom stereocenters. The molecule has 1 aromatic carbocycles. The van der Waals surface area contributed by atoms with Crippen molar-refractivity contribution in [3.8, 4) is 0 Å². The SMILES string of the molecule is CC(C)(C)ON.CC(C)C1(N2CCC(N(Cc3ccccc3)C(=O)C3CC3)CC2)CCN(C=O)CC1. The summed E-state index contributed by atoms with van der Waals surface area (Å²) < 4.78 is 0. The minimum Gasteiger partial charge on any atom is -0.345 e. The highest BCUT2D eigenvalue weighted by molar-refractivity contribution is 5.81. The van der Waals surface area contributed by atoms with Gasteiger partial charge in [-0.05, 0) is 70.8 Å². The first-order valence-electron chi connectivity index (χ1n) is 13.8. The number of amides is 2. The number of piperidine rings is 2. The Kier molecular flexibility index (Phi) is 9.95. The molecule has 0 unspecified atom stereocenters. The second-order valence-electron chi connectivity index (χ2n) is 12.1. The van der Waals surface area contributed by atoms with E-state index in [-0.39, 0.29) is 17.1 Å². The summed E-state index contributed by atoms with van der Waals surface area (Å²) in [5.41, 5.74) is 1.24. The Morgan fingerprint density at radius 1 is 1.08 bits per heavy atom. The molecule has 36 heavy (non-hydrogen) atoms. The predicted molar refractivity (Wildman–Crippen MR) is 144 cm³/mol. The van der Waals surface area contributed by atoms with Crippen molar-refractivity contribution in [3.63, 3.8) is 0 Å². The zero-order chi connectivity index (χ0) is 26.3. The van der Waals surface area contributed by atoms with Crippen LogP contribution in [0.4, 0.5) is 0 Å². The summed E-state index contributed by atoms with van der Waals surface area (Å²) in [6, 6.07) is 10.8. The van der Waals surface area contributed by atoms with E-state index in [1.807, 2.05) is 31.7 Å². The standard InChI is InChI=1S/C25H37N3O2.C4H11NO/c1-20(2)25(12-16-26(19-29)17-13-25)27-14-10-23(11-15-27)28(24(30)22-8-9-22)18-21-6-4-3-5-7-21;1-4(2,3)6-5/h3-7,19-20,22-23H,8-18H2,1-2H3;5H2,1-3H3. The first-order valence-corrected chi connectivity index (χ1v) is 13.8. The number of carbonyl (C=O) groups is 2. The second kappa shape index (κ2) is 12.5. The molecule has 3 aliphatic rings. The van der Waals surface area contributed by atoms with Crippen LogP contribution in [0.25, 0.3) is 0 Å². The van der Waals surface area contributed by atoms with Gasteiger partial charge in [-0.15, -0.1) is 0 Å². The second-order valence-corrected chi connectivity index (χ2v) is 12.1. The van der Waals surface area contributed by atoms with Crippen LogP contribution in [0.5, 0.6) is 0 Å². The van der Waals surface area contributed by atoms with Gasteiger partial charge in [-0.1, -0.05) is 44.2 Å². The Morgan fingerprint density at radius 2 is 1.64 bits per heavy atom. The molecule has 2 aliphatic heterocycles. The van der Waals surface area contributed by atoms with Crippen LogP contribution in [-0.4, -0.2) is 70.4 Å². The lowest BCUT2D eigenvalue weighted by Crippen LogP contribution is -2.61. The Balaban J connectivity index is 0.000000538. The monoisotopic (exact) mass is 500 g/mol. The quantitative estimate of drug-likeness (QED) is 0.448. The van der Waals surface area contributed by atoms with Crippen molar-refractivity contribution in [2.24, 2.45) is 17.7 Å². The first kappa shape index (κ1) is 28.6. The van der Waals surface area contributed by atoms with E-state index in [0.29, 0.717) is 17.9 Å². The van der Waals surface area contributed by atoms with Crippen LogP contribution >= 0.6 is 0 Å². The minimum absolute atomic E-state index is 0.181. The molecule has 2 saturated heterocycles. The summed E-state index contributed by atoms with van der Waals surface area (Å²) in [6.07, 6.45) is 7.35. The van der Waals surface area contributed by atoms with E-state index in [1.165, 1.54) is 5.56 Å². The number of nitrogens with zero attached hydrogens (tertiary/aromatic N) is 3. The lowest BCUT2D eigenvalue weighted by atomic mass is 9.75. The van der Waals surface area contributed by atoms with Crippen LogP contribution < -0.4 is 5.90 Å². The summed E-state index contributed by atoms with van der Waals surface area (Å²) in [6.45, 7) is 14.9. The van der Waals surface area contributed by atoms with Crippen molar-refractivity contribution < 1.29 is 14.4 Å². The topological polar surface area (TPSA) is 79.1 Å². The average molecular weight is 501 g/mol. The van der Waals surface area contributed by atoms with Crippen molar-refractivity contribution in [3.05, 3.63) is 35.9 Å². The molecule has 202 valence electrons. The summed E-state index contributed by atoms with van der Waals surface area (Å²) in [4.78, 5) is 35.5. The molecule has 1 saturated carbocycles. The highest BCUT2D eigenvalue weighted by Gasteiger charge is 2.44. The van der Waals surface area contributed by atoms with Gasteiger partial charge in [0.25, 0.3) is 0 Å². The van der Waals surface area contributed by atoms with Crippen molar-refractivity contribution in [2.75, 3.05) is 26.2 Å². The Labute approximate surface area is 218 Å². The minimum atomic E-state index is -0.181. The summed E-state index contributed by atoms with van der Waals surface area (Å²) >= 11 is 0. The fraction of sp³-hybridized carbons (Fsp3) is 0.724. The van der Waals surface area contributed by atoms with Crippen LogP contribution in [0, 0.1) is 11.8 Å². The molecule has 7 heteroatoms. The maximum atomic E-state index is 13.1. The number of hydrogen-bond donors (Lipinski definition) is 1. The Hall–Kier alpha value is -1.96. The van der Waals surface area contributed by atoms with E-state index in [1.54, 1.807) is 0 Å². The predicted octanol–water partition coefficient (Wildman–Crippen LogP) is 4.21. The molecule has 0 radical (unpaired) electrons. The van der Waals surface area contributed by atoms with E-state index >= 15 is 0 Å². The Bertz CT molecular complexity index is 819. The highest BCUT2D eigenvalue weighted by atomic mass is 16.6. The molecule has 0 spiro atoms. The maximum Gasteiger partial charge on any atom is 0.226 e. The lowest BCUT2D eigenvalue weighted by Gasteiger charge is -2.54. The molecule has 2 amide bonds. The van der Waals surface area contributed by atoms with E-state index in [2.05, 4.69) is 52.8 Å². The zero-order valence-corrected chi connectivity index (χ0v) is 23.1. The van der Waals surface area contributed by atoms with Crippen LogP contribution in [0.3, 0.4) is 0 Å². The molecule has 1 aromatic rings. The van der Waals surface area contributed by atoms with E-state index < -0.39 is 0 Å². The van der Waals surface area contributed by atoms with Gasteiger partial charge in [0.2, 0.25) is 12.3 Å². The number of carbonyl (C=O) groups excluding carboxylic acids is 2. The summed E-state index contributed by atoms with van der Waals surface area (Å²) in [5, 5.41) is 0. The van der Waals surface area contributed by atoms with Crippen molar-refractivity contribution >= 4 is 12.3 Å². The lowest BCUT2D eigenvalue weighted by molar-refractivity contribution is -0.137. The van der Waals surface area contributed by atoms with Gasteiger partial charge in [0, 0.05) is 50.2 Å². The molecule has 3 fully saturated rings. The van der Waals surface area contributed by atoms with Gasteiger partial charge in [-0.2, -0.15) is 0 Å². The zero-order valence-electron chi connectivity index (χ0n) is 23.1. The normalized spacial score (nSPS) is 21.0. The highest BCUT2D eigenvalue weighted by Crippen LogP contribution is 2.39. The largest absolute Gasteiger partial charge is 0.345 e. The number of hydrogen-bond acceptors (Lipinski definition) is 5.